The maximum absolute atomic E-state index is 10.1. The standard InChI is InChI=1S/C12H8N2.C6H4N2O4.Cd.2H2O/c1-3-9-5-6-10-4-2-8-14-12(10)11(9)13-7-1;9-5(10)3-1-7-2-4(8-3)6(11)12;;;/h1-8H;1-2H,(H,9,10)(H,11,12);;2*1H2/q;;+2;;. The minimum atomic E-state index is -1.58. The number of hydrogen-bond acceptors (Lipinski definition) is 8. The van der Waals surface area contributed by atoms with Gasteiger partial charge in [0.05, 0.1) is 35.4 Å². The van der Waals surface area contributed by atoms with Crippen LogP contribution in [0.1, 0.15) is 21.0 Å². The summed E-state index contributed by atoms with van der Waals surface area (Å²) in [4.78, 5) is 35.5. The molecule has 10 nitrogen and oxygen atoms in total. The van der Waals surface area contributed by atoms with E-state index in [4.69, 9.17) is 0 Å². The van der Waals surface area contributed by atoms with Crippen LogP contribution in [0, 0.1) is 0 Å². The van der Waals surface area contributed by atoms with Crippen molar-refractivity contribution in [3.63, 3.8) is 0 Å². The molecule has 0 amide bonds. The van der Waals surface area contributed by atoms with Crippen LogP contribution in [0.5, 0.6) is 0 Å². The third kappa shape index (κ3) is 6.20. The van der Waals surface area contributed by atoms with E-state index in [1.54, 1.807) is 12.4 Å². The fraction of sp³-hybridized carbons (Fsp3) is 0. The molecule has 4 rings (SSSR count). The van der Waals surface area contributed by atoms with Crippen LogP contribution in [0.15, 0.2) is 61.2 Å². The van der Waals surface area contributed by atoms with Crippen LogP contribution >= 0.6 is 0 Å². The maximum atomic E-state index is 10.1. The van der Waals surface area contributed by atoms with Crippen LogP contribution in [0.4, 0.5) is 0 Å². The number of hydrogen-bond donors (Lipinski definition) is 0. The zero-order valence-corrected chi connectivity index (χ0v) is 19.1. The van der Waals surface area contributed by atoms with Crippen LogP contribution in [-0.4, -0.2) is 31.9 Å². The third-order valence-corrected chi connectivity index (χ3v) is 3.40. The summed E-state index contributed by atoms with van der Waals surface area (Å²) in [5.74, 6) is -3.16. The average molecular weight is 497 g/mol. The topological polar surface area (TPSA) is 198 Å². The first-order valence-corrected chi connectivity index (χ1v) is 7.39. The number of aromatic carboxylic acids is 2. The van der Waals surface area contributed by atoms with Crippen LogP contribution < -0.4 is 10.2 Å². The molecule has 0 saturated carbocycles. The van der Waals surface area contributed by atoms with Crippen LogP contribution in [0.3, 0.4) is 0 Å². The number of benzene rings is 1. The molecule has 0 aliphatic rings. The van der Waals surface area contributed by atoms with Crippen molar-refractivity contribution in [2.24, 2.45) is 0 Å². The van der Waals surface area contributed by atoms with E-state index in [1.807, 2.05) is 12.1 Å². The molecule has 0 radical (unpaired) electrons. The average Bonchev–Trinajstić information content (AvgIpc) is 2.68. The second kappa shape index (κ2) is 11.7. The molecule has 29 heavy (non-hydrogen) atoms. The van der Waals surface area contributed by atoms with Crippen LogP contribution in [0.25, 0.3) is 21.8 Å². The predicted molar refractivity (Wildman–Crippen MR) is 97.5 cm³/mol. The molecule has 144 valence electrons. The van der Waals surface area contributed by atoms with Crippen molar-refractivity contribution in [3.8, 4) is 0 Å². The zero-order chi connectivity index (χ0) is 18.5. The van der Waals surface area contributed by atoms with Gasteiger partial charge in [0.25, 0.3) is 0 Å². The molecule has 11 heteroatoms. The molecule has 0 aliphatic heterocycles. The van der Waals surface area contributed by atoms with Gasteiger partial charge in [0.2, 0.25) is 0 Å². The van der Waals surface area contributed by atoms with E-state index >= 15 is 0 Å². The van der Waals surface area contributed by atoms with Gasteiger partial charge in [0.15, 0.2) is 0 Å². The van der Waals surface area contributed by atoms with Crippen molar-refractivity contribution in [1.29, 1.82) is 0 Å². The van der Waals surface area contributed by atoms with Gasteiger partial charge in [-0.1, -0.05) is 24.3 Å². The number of pyridine rings is 2. The van der Waals surface area contributed by atoms with Crippen molar-refractivity contribution in [2.45, 2.75) is 0 Å². The molecule has 0 saturated heterocycles. The van der Waals surface area contributed by atoms with Gasteiger partial charge in [-0.05, 0) is 12.1 Å². The van der Waals surface area contributed by atoms with Crippen molar-refractivity contribution in [2.75, 3.05) is 0 Å². The molecule has 6 N–H and O–H groups in total. The van der Waals surface area contributed by atoms with Crippen LogP contribution in [0.2, 0.25) is 0 Å². The van der Waals surface area contributed by atoms with Gasteiger partial charge >= 0.3 is 27.3 Å². The Hall–Kier alpha value is -3.10. The van der Waals surface area contributed by atoms with Crippen molar-refractivity contribution in [1.82, 2.24) is 19.9 Å². The maximum Gasteiger partial charge on any atom is 2.00 e. The Kier molecular flexibility index (Phi) is 10.4. The predicted octanol–water partition coefficient (Wildman–Crippen LogP) is -1.86. The SMILES string of the molecule is O=C([O-])c1cncc(C(=O)[O-])n1.[Cd+2].[OH3+].[OH3+].c1cnc2c(c1)ccc1cccnc12. The van der Waals surface area contributed by atoms with Gasteiger partial charge < -0.3 is 30.8 Å². The summed E-state index contributed by atoms with van der Waals surface area (Å²) in [6.45, 7) is 0. The summed E-state index contributed by atoms with van der Waals surface area (Å²) in [6, 6.07) is 12.1. The van der Waals surface area contributed by atoms with Crippen molar-refractivity contribution in [3.05, 3.63) is 72.6 Å². The number of nitrogens with zero attached hydrogens (tertiary/aromatic N) is 4. The Morgan fingerprint density at radius 3 is 1.52 bits per heavy atom. The zero-order valence-electron chi connectivity index (χ0n) is 15.1. The molecule has 1 aromatic carbocycles. The second-order valence-corrected chi connectivity index (χ2v) is 5.08. The quantitative estimate of drug-likeness (QED) is 0.175. The van der Waals surface area contributed by atoms with E-state index in [2.05, 4.69) is 44.2 Å². The first kappa shape index (κ1) is 25.9. The number of carbonyl (C=O) groups is 2. The van der Waals surface area contributed by atoms with E-state index < -0.39 is 23.3 Å². The molecule has 0 aliphatic carbocycles. The fourth-order valence-corrected chi connectivity index (χ4v) is 2.24. The summed E-state index contributed by atoms with van der Waals surface area (Å²) >= 11 is 0. The second-order valence-electron chi connectivity index (χ2n) is 5.08. The number of rotatable bonds is 2. The summed E-state index contributed by atoms with van der Waals surface area (Å²) in [5, 5.41) is 22.6. The smallest absolute Gasteiger partial charge is 0.543 e. The summed E-state index contributed by atoms with van der Waals surface area (Å²) < 4.78 is 0. The molecular formula is C18H16CdN4O6+2. The van der Waals surface area contributed by atoms with E-state index in [-0.39, 0.29) is 38.3 Å². The van der Waals surface area contributed by atoms with Gasteiger partial charge in [-0.25, -0.2) is 4.98 Å². The minimum absolute atomic E-state index is 0. The van der Waals surface area contributed by atoms with Crippen molar-refractivity contribution >= 4 is 33.7 Å². The molecule has 0 atom stereocenters. The summed E-state index contributed by atoms with van der Waals surface area (Å²) in [5.41, 5.74) is 0.893. The first-order chi connectivity index (χ1) is 12.6. The van der Waals surface area contributed by atoms with Gasteiger partial charge in [-0.3, -0.25) is 15.0 Å². The Morgan fingerprint density at radius 1 is 0.724 bits per heavy atom. The largest absolute Gasteiger partial charge is 2.00 e. The monoisotopic (exact) mass is 498 g/mol. The number of carbonyl (C=O) groups excluding carboxylic acids is 2. The van der Waals surface area contributed by atoms with E-state index in [0.29, 0.717) is 0 Å². The number of carboxylic acid groups (broad SMARTS) is 2. The third-order valence-electron chi connectivity index (χ3n) is 3.40. The summed E-state index contributed by atoms with van der Waals surface area (Å²) in [7, 11) is 0. The molecule has 3 aromatic heterocycles. The molecule has 0 unspecified atom stereocenters. The number of fused-ring (bicyclic) bond motifs is 3. The normalized spacial score (nSPS) is 9.10. The van der Waals surface area contributed by atoms with E-state index in [9.17, 15) is 19.8 Å². The molecule has 0 bridgehead atoms. The Balaban J connectivity index is 0.000000496. The number of carboxylic acids is 2. The molecule has 3 heterocycles. The summed E-state index contributed by atoms with van der Waals surface area (Å²) in [6.07, 6.45) is 5.39. The minimum Gasteiger partial charge on any atom is -0.543 e. The Labute approximate surface area is 184 Å². The van der Waals surface area contributed by atoms with Gasteiger partial charge in [-0.2, -0.15) is 0 Å². The fourth-order valence-electron chi connectivity index (χ4n) is 2.24. The first-order valence-electron chi connectivity index (χ1n) is 7.39. The van der Waals surface area contributed by atoms with Crippen LogP contribution in [-0.2, 0) is 38.3 Å². The Bertz CT molecular complexity index is 1040. The molecule has 0 fully saturated rings. The molecule has 4 aromatic rings. The molecular weight excluding hydrogens is 481 g/mol. The van der Waals surface area contributed by atoms with Gasteiger partial charge in [0, 0.05) is 23.2 Å². The van der Waals surface area contributed by atoms with Crippen molar-refractivity contribution < 1.29 is 58.1 Å². The van der Waals surface area contributed by atoms with E-state index in [0.717, 1.165) is 34.2 Å². The molecule has 0 spiro atoms. The number of aromatic nitrogens is 4. The Morgan fingerprint density at radius 2 is 1.14 bits per heavy atom. The van der Waals surface area contributed by atoms with E-state index in [1.165, 1.54) is 0 Å². The van der Waals surface area contributed by atoms with Gasteiger partial charge in [0.1, 0.15) is 11.4 Å². The van der Waals surface area contributed by atoms with Gasteiger partial charge in [-0.15, -0.1) is 0 Å².